The van der Waals surface area contributed by atoms with Crippen molar-refractivity contribution in [2.45, 2.75) is 89.1 Å². The minimum Gasteiger partial charge on any atom is -0.508 e. The van der Waals surface area contributed by atoms with Gasteiger partial charge in [-0.3, -0.25) is 0 Å². The fourth-order valence-electron chi connectivity index (χ4n) is 7.13. The monoisotopic (exact) mass is 612 g/mol. The molecule has 0 amide bonds. The number of carbonyl (C=O) groups excluding carboxylic acids is 1. The van der Waals surface area contributed by atoms with E-state index in [1.807, 2.05) is 20.8 Å². The number of oxime groups is 1. The first-order valence-electron chi connectivity index (χ1n) is 15.4. The van der Waals surface area contributed by atoms with Gasteiger partial charge in [-0.1, -0.05) is 29.3 Å². The number of ether oxygens (including phenoxy) is 2. The van der Waals surface area contributed by atoms with Crippen LogP contribution in [-0.2, 0) is 9.57 Å². The average molecular weight is 613 g/mol. The molecule has 0 spiro atoms. The number of methoxy groups -OCH3 is 1. The number of hydrogen-bond acceptors (Lipinski definition) is 11. The SMILES string of the molecule is COC(=O)c1cnnn1C1CC(=NOC(C)(C)C)C2=CC(CCCCO)C(CCCCO)C3c4cc(O)ccc4OC1(O)C23. The maximum absolute atomic E-state index is 12.8. The Morgan fingerprint density at radius 1 is 1.16 bits per heavy atom. The number of phenolic OH excluding ortho intramolecular Hbond substituents is 1. The van der Waals surface area contributed by atoms with Crippen molar-refractivity contribution >= 4 is 11.7 Å². The average Bonchev–Trinajstić information content (AvgIpc) is 3.47. The van der Waals surface area contributed by atoms with Gasteiger partial charge in [0.05, 0.1) is 24.9 Å². The highest BCUT2D eigenvalue weighted by atomic mass is 16.6. The standard InChI is InChI=1S/C32H44N4O8/c1-31(2,3)44-34-24-17-27(36-25(18-33-35-36)30(40)42-4)32(41)29-22(24)15-19(9-5-7-13-37)21(10-6-8-14-38)28(29)23-16-20(39)11-12-26(23)43-32/h11-12,15-16,18-19,21,27-29,37-39,41H,5-10,13-14,17H2,1-4H3. The molecule has 6 unspecified atom stereocenters. The molecule has 3 aliphatic rings. The summed E-state index contributed by atoms with van der Waals surface area (Å²) in [4.78, 5) is 18.7. The second kappa shape index (κ2) is 12.9. The van der Waals surface area contributed by atoms with Crippen LogP contribution >= 0.6 is 0 Å². The highest BCUT2D eigenvalue weighted by Crippen LogP contribution is 2.62. The summed E-state index contributed by atoms with van der Waals surface area (Å²) in [5.74, 6) is -2.94. The molecule has 1 aromatic heterocycles. The summed E-state index contributed by atoms with van der Waals surface area (Å²) in [5, 5.41) is 55.4. The van der Waals surface area contributed by atoms with Gasteiger partial charge in [-0.25, -0.2) is 9.48 Å². The number of carbonyl (C=O) groups is 1. The second-order valence-electron chi connectivity index (χ2n) is 13.0. The minimum absolute atomic E-state index is 0.00401. The summed E-state index contributed by atoms with van der Waals surface area (Å²) >= 11 is 0. The van der Waals surface area contributed by atoms with Gasteiger partial charge in [0.25, 0.3) is 0 Å². The second-order valence-corrected chi connectivity index (χ2v) is 13.0. The molecular formula is C32H44N4O8. The van der Waals surface area contributed by atoms with Crippen LogP contribution in [0, 0.1) is 17.8 Å². The number of aromatic hydroxyl groups is 1. The van der Waals surface area contributed by atoms with Crippen LogP contribution < -0.4 is 4.74 Å². The molecule has 2 aliphatic carbocycles. The first kappa shape index (κ1) is 31.9. The zero-order valence-corrected chi connectivity index (χ0v) is 25.8. The number of phenols is 1. The van der Waals surface area contributed by atoms with Crippen LogP contribution in [-0.4, -0.2) is 78.8 Å². The molecule has 2 aromatic rings. The number of aliphatic hydroxyl groups excluding tert-OH is 2. The molecule has 1 fully saturated rings. The van der Waals surface area contributed by atoms with E-state index in [-0.39, 0.29) is 48.8 Å². The molecular weight excluding hydrogens is 568 g/mol. The molecule has 4 N–H and O–H groups in total. The number of allylic oxidation sites excluding steroid dienone is 1. The van der Waals surface area contributed by atoms with E-state index in [9.17, 15) is 25.2 Å². The molecule has 44 heavy (non-hydrogen) atoms. The maximum Gasteiger partial charge on any atom is 0.358 e. The third kappa shape index (κ3) is 6.07. The van der Waals surface area contributed by atoms with Gasteiger partial charge >= 0.3 is 5.97 Å². The number of unbranched alkanes of at least 4 members (excludes halogenated alkanes) is 2. The van der Waals surface area contributed by atoms with E-state index in [1.165, 1.54) is 24.1 Å². The Balaban J connectivity index is 1.74. The van der Waals surface area contributed by atoms with Gasteiger partial charge in [0.1, 0.15) is 23.1 Å². The largest absolute Gasteiger partial charge is 0.508 e. The predicted octanol–water partition coefficient (Wildman–Crippen LogP) is 3.86. The van der Waals surface area contributed by atoms with Crippen LogP contribution in [0.2, 0.25) is 0 Å². The van der Waals surface area contributed by atoms with Crippen molar-refractivity contribution in [1.82, 2.24) is 15.0 Å². The number of fused-ring (bicyclic) bond motifs is 2. The predicted molar refractivity (Wildman–Crippen MR) is 160 cm³/mol. The zero-order chi connectivity index (χ0) is 31.6. The maximum atomic E-state index is 12.8. The van der Waals surface area contributed by atoms with Gasteiger partial charge < -0.3 is 34.7 Å². The van der Waals surface area contributed by atoms with Crippen LogP contribution in [0.15, 0.2) is 41.2 Å². The Morgan fingerprint density at radius 3 is 2.57 bits per heavy atom. The van der Waals surface area contributed by atoms with Crippen molar-refractivity contribution < 1.29 is 39.5 Å². The van der Waals surface area contributed by atoms with Crippen molar-refractivity contribution in [2.24, 2.45) is 22.9 Å². The minimum atomic E-state index is -1.89. The van der Waals surface area contributed by atoms with Crippen molar-refractivity contribution in [2.75, 3.05) is 20.3 Å². The van der Waals surface area contributed by atoms with E-state index >= 15 is 0 Å². The van der Waals surface area contributed by atoms with Crippen molar-refractivity contribution in [3.63, 3.8) is 0 Å². The summed E-state index contributed by atoms with van der Waals surface area (Å²) in [6.45, 7) is 5.87. The van der Waals surface area contributed by atoms with Crippen molar-refractivity contribution in [3.05, 3.63) is 47.3 Å². The summed E-state index contributed by atoms with van der Waals surface area (Å²) in [6, 6.07) is 3.96. The Bertz CT molecular complexity index is 1400. The molecule has 1 saturated carbocycles. The van der Waals surface area contributed by atoms with Gasteiger partial charge in [-0.2, -0.15) is 0 Å². The lowest BCUT2D eigenvalue weighted by Crippen LogP contribution is -2.62. The summed E-state index contributed by atoms with van der Waals surface area (Å²) in [6.07, 6.45) is 8.04. The van der Waals surface area contributed by atoms with Gasteiger partial charge in [0.15, 0.2) is 5.69 Å². The van der Waals surface area contributed by atoms with Gasteiger partial charge in [-0.15, -0.1) is 5.10 Å². The van der Waals surface area contributed by atoms with E-state index in [0.717, 1.165) is 36.8 Å². The van der Waals surface area contributed by atoms with E-state index in [4.69, 9.17) is 14.3 Å². The summed E-state index contributed by atoms with van der Waals surface area (Å²) < 4.78 is 12.9. The van der Waals surface area contributed by atoms with Crippen LogP contribution in [0.1, 0.15) is 93.7 Å². The fraction of sp³-hybridized carbons (Fsp3) is 0.625. The van der Waals surface area contributed by atoms with Gasteiger partial charge in [0.2, 0.25) is 5.79 Å². The number of benzene rings is 1. The summed E-state index contributed by atoms with van der Waals surface area (Å²) in [7, 11) is 1.27. The van der Waals surface area contributed by atoms with Gasteiger partial charge in [-0.05, 0) is 82.1 Å². The lowest BCUT2D eigenvalue weighted by molar-refractivity contribution is -0.225. The molecule has 0 bridgehead atoms. The molecule has 5 rings (SSSR count). The Hall–Kier alpha value is -3.48. The van der Waals surface area contributed by atoms with Crippen molar-refractivity contribution in [1.29, 1.82) is 0 Å². The topological polar surface area (TPSA) is 169 Å². The molecule has 0 radical (unpaired) electrons. The highest BCUT2D eigenvalue weighted by molar-refractivity contribution is 6.02. The lowest BCUT2D eigenvalue weighted by atomic mass is 9.55. The zero-order valence-electron chi connectivity index (χ0n) is 25.8. The third-order valence-corrected chi connectivity index (χ3v) is 8.95. The van der Waals surface area contributed by atoms with Crippen LogP contribution in [0.25, 0.3) is 0 Å². The quantitative estimate of drug-likeness (QED) is 0.166. The molecule has 1 aliphatic heterocycles. The van der Waals surface area contributed by atoms with Crippen LogP contribution in [0.4, 0.5) is 0 Å². The number of rotatable bonds is 11. The third-order valence-electron chi connectivity index (χ3n) is 8.95. The molecule has 6 atom stereocenters. The Morgan fingerprint density at radius 2 is 1.89 bits per heavy atom. The number of aliphatic hydroxyl groups is 3. The Kier molecular flexibility index (Phi) is 9.33. The van der Waals surface area contributed by atoms with E-state index < -0.39 is 29.3 Å². The number of esters is 1. The lowest BCUT2D eigenvalue weighted by Gasteiger charge is -2.56. The molecule has 12 nitrogen and oxygen atoms in total. The van der Waals surface area contributed by atoms with Crippen molar-refractivity contribution in [3.8, 4) is 11.5 Å². The Labute approximate surface area is 257 Å². The molecule has 240 valence electrons. The van der Waals surface area contributed by atoms with E-state index in [1.54, 1.807) is 12.1 Å². The molecule has 12 heteroatoms. The van der Waals surface area contributed by atoms with Crippen LogP contribution in [0.3, 0.4) is 0 Å². The number of hydrogen-bond donors (Lipinski definition) is 4. The number of aromatic nitrogens is 3. The molecule has 0 saturated heterocycles. The van der Waals surface area contributed by atoms with Gasteiger partial charge in [0, 0.05) is 31.1 Å². The first-order valence-corrected chi connectivity index (χ1v) is 15.4. The normalized spacial score (nSPS) is 28.5. The van der Waals surface area contributed by atoms with Crippen LogP contribution in [0.5, 0.6) is 11.5 Å². The molecule has 2 heterocycles. The highest BCUT2D eigenvalue weighted by Gasteiger charge is 2.63. The summed E-state index contributed by atoms with van der Waals surface area (Å²) in [5.41, 5.74) is 1.63. The molecule has 1 aromatic carbocycles. The van der Waals surface area contributed by atoms with E-state index in [2.05, 4.69) is 21.5 Å². The fourth-order valence-corrected chi connectivity index (χ4v) is 7.13. The van der Waals surface area contributed by atoms with E-state index in [0.29, 0.717) is 24.3 Å². The number of nitrogens with zero attached hydrogens (tertiary/aromatic N) is 4. The first-order chi connectivity index (χ1) is 21.0. The smallest absolute Gasteiger partial charge is 0.358 e.